The monoisotopic (exact) mass is 601 g/mol. The molecule has 1 aliphatic heterocycles. The Morgan fingerprint density at radius 1 is 1.17 bits per heavy atom. The van der Waals surface area contributed by atoms with Crippen molar-refractivity contribution in [1.29, 1.82) is 5.26 Å². The van der Waals surface area contributed by atoms with Gasteiger partial charge in [-0.2, -0.15) is 5.26 Å². The third-order valence-corrected chi connectivity index (χ3v) is 8.32. The van der Waals surface area contributed by atoms with Crippen LogP contribution in [-0.2, 0) is 9.53 Å². The Hall–Kier alpha value is -4.10. The SMILES string of the molecule is CCOC(=O)C1=C(c2ccccc2)N=c2s/c(=C\c3cc(Cl)ccc3OCC#N)c(=O)n2[C@H]1c1ccc(SC)cc1. The van der Waals surface area contributed by atoms with Gasteiger partial charge in [-0.3, -0.25) is 9.36 Å². The lowest BCUT2D eigenvalue weighted by molar-refractivity contribution is -0.138. The highest BCUT2D eigenvalue weighted by Gasteiger charge is 2.35. The molecule has 0 bridgehead atoms. The number of halogens is 1. The largest absolute Gasteiger partial charge is 0.478 e. The van der Waals surface area contributed by atoms with Gasteiger partial charge in [0, 0.05) is 21.0 Å². The van der Waals surface area contributed by atoms with Gasteiger partial charge in [0.1, 0.15) is 11.8 Å². The van der Waals surface area contributed by atoms with E-state index in [0.29, 0.717) is 31.4 Å². The molecule has 1 aromatic heterocycles. The summed E-state index contributed by atoms with van der Waals surface area (Å²) < 4.78 is 13.0. The van der Waals surface area contributed by atoms with Gasteiger partial charge in [0.05, 0.1) is 28.5 Å². The van der Waals surface area contributed by atoms with Crippen LogP contribution in [0.2, 0.25) is 5.02 Å². The first-order valence-corrected chi connectivity index (χ1v) is 15.1. The molecule has 0 radical (unpaired) electrons. The number of rotatable bonds is 8. The lowest BCUT2D eigenvalue weighted by Gasteiger charge is -2.26. The number of thiazole rings is 1. The fourth-order valence-corrected chi connectivity index (χ4v) is 6.14. The minimum absolute atomic E-state index is 0.154. The van der Waals surface area contributed by atoms with E-state index in [-0.39, 0.29) is 24.3 Å². The Morgan fingerprint density at radius 2 is 1.93 bits per heavy atom. The molecule has 7 nitrogen and oxygen atoms in total. The summed E-state index contributed by atoms with van der Waals surface area (Å²) in [4.78, 5) is 34.0. The van der Waals surface area contributed by atoms with Crippen LogP contribution in [0.3, 0.4) is 0 Å². The van der Waals surface area contributed by atoms with Crippen LogP contribution in [0.15, 0.2) is 93.1 Å². The predicted octanol–water partition coefficient (Wildman–Crippen LogP) is 5.21. The summed E-state index contributed by atoms with van der Waals surface area (Å²) in [5.74, 6) is -0.117. The molecule has 0 N–H and O–H groups in total. The summed E-state index contributed by atoms with van der Waals surface area (Å²) in [5, 5.41) is 9.45. The van der Waals surface area contributed by atoms with Gasteiger partial charge in [0.25, 0.3) is 5.56 Å². The van der Waals surface area contributed by atoms with Crippen LogP contribution < -0.4 is 19.6 Å². The van der Waals surface area contributed by atoms with Gasteiger partial charge >= 0.3 is 5.97 Å². The number of aromatic nitrogens is 1. The standard InChI is InChI=1S/C31H24ClN3O4S2/c1-3-38-30(37)26-27(19-7-5-4-6-8-19)34-31-35(28(26)20-9-12-23(40-2)13-10-20)29(36)25(41-31)18-21-17-22(32)11-14-24(21)39-16-15-33/h4-14,17-18,28H,3,16H2,1-2H3/b25-18-/t28-/m0/s1. The molecular weight excluding hydrogens is 578 g/mol. The highest BCUT2D eigenvalue weighted by atomic mass is 35.5. The van der Waals surface area contributed by atoms with Crippen LogP contribution in [0.5, 0.6) is 5.75 Å². The summed E-state index contributed by atoms with van der Waals surface area (Å²) >= 11 is 9.06. The van der Waals surface area contributed by atoms with Crippen molar-refractivity contribution in [3.8, 4) is 11.8 Å². The zero-order valence-corrected chi connectivity index (χ0v) is 24.6. The molecule has 1 atom stereocenters. The number of benzene rings is 3. The van der Waals surface area contributed by atoms with E-state index in [4.69, 9.17) is 31.3 Å². The molecule has 0 saturated heterocycles. The quantitative estimate of drug-likeness (QED) is 0.203. The molecule has 0 fully saturated rings. The third-order valence-electron chi connectivity index (χ3n) is 6.36. The fourth-order valence-electron chi connectivity index (χ4n) is 4.56. The maximum atomic E-state index is 14.1. The number of thioether (sulfide) groups is 1. The number of ether oxygens (including phenoxy) is 2. The Kier molecular flexibility index (Phi) is 8.74. The Morgan fingerprint density at radius 3 is 2.61 bits per heavy atom. The molecule has 0 saturated carbocycles. The molecule has 2 heterocycles. The average molecular weight is 602 g/mol. The van der Waals surface area contributed by atoms with Crippen LogP contribution in [0.4, 0.5) is 0 Å². The first kappa shape index (κ1) is 28.4. The second-order valence-electron chi connectivity index (χ2n) is 8.83. The average Bonchev–Trinajstić information content (AvgIpc) is 3.30. The second kappa shape index (κ2) is 12.6. The highest BCUT2D eigenvalue weighted by molar-refractivity contribution is 7.98. The van der Waals surface area contributed by atoms with E-state index in [1.807, 2.05) is 66.9 Å². The molecule has 4 aromatic rings. The molecule has 10 heteroatoms. The van der Waals surface area contributed by atoms with Crippen LogP contribution in [0, 0.1) is 11.3 Å². The first-order valence-electron chi connectivity index (χ1n) is 12.7. The number of hydrogen-bond acceptors (Lipinski definition) is 8. The predicted molar refractivity (Wildman–Crippen MR) is 162 cm³/mol. The number of nitriles is 1. The number of nitrogens with zero attached hydrogens (tertiary/aromatic N) is 3. The molecular formula is C31H24ClN3O4S2. The number of carbonyl (C=O) groups excluding carboxylic acids is 1. The van der Waals surface area contributed by atoms with Crippen molar-refractivity contribution in [2.24, 2.45) is 4.99 Å². The normalized spacial score (nSPS) is 14.7. The van der Waals surface area contributed by atoms with Crippen molar-refractivity contribution in [2.75, 3.05) is 19.5 Å². The van der Waals surface area contributed by atoms with Gasteiger partial charge in [-0.1, -0.05) is 65.4 Å². The highest BCUT2D eigenvalue weighted by Crippen LogP contribution is 2.35. The van der Waals surface area contributed by atoms with Gasteiger partial charge < -0.3 is 9.47 Å². The molecule has 0 amide bonds. The van der Waals surface area contributed by atoms with Crippen LogP contribution >= 0.6 is 34.7 Å². The molecule has 0 spiro atoms. The number of hydrogen-bond donors (Lipinski definition) is 0. The zero-order chi connectivity index (χ0) is 28.9. The lowest BCUT2D eigenvalue weighted by Crippen LogP contribution is -2.40. The summed E-state index contributed by atoms with van der Waals surface area (Å²) in [6, 6.07) is 23.3. The zero-order valence-electron chi connectivity index (χ0n) is 22.2. The van der Waals surface area contributed by atoms with E-state index < -0.39 is 12.0 Å². The van der Waals surface area contributed by atoms with E-state index >= 15 is 0 Å². The van der Waals surface area contributed by atoms with E-state index in [1.165, 1.54) is 11.3 Å². The van der Waals surface area contributed by atoms with Crippen molar-refractivity contribution in [2.45, 2.75) is 17.9 Å². The second-order valence-corrected chi connectivity index (χ2v) is 11.2. The van der Waals surface area contributed by atoms with Crippen LogP contribution in [-0.4, -0.2) is 30.0 Å². The molecule has 206 valence electrons. The smallest absolute Gasteiger partial charge is 0.338 e. The van der Waals surface area contributed by atoms with Crippen LogP contribution in [0.1, 0.15) is 29.7 Å². The Balaban J connectivity index is 1.80. The maximum absolute atomic E-state index is 14.1. The number of carbonyl (C=O) groups is 1. The van der Waals surface area contributed by atoms with E-state index in [1.54, 1.807) is 47.5 Å². The molecule has 5 rings (SSSR count). The molecule has 0 aliphatic carbocycles. The Labute approximate surface area is 249 Å². The minimum Gasteiger partial charge on any atom is -0.478 e. The lowest BCUT2D eigenvalue weighted by atomic mass is 9.93. The van der Waals surface area contributed by atoms with Crippen molar-refractivity contribution in [3.05, 3.63) is 120 Å². The van der Waals surface area contributed by atoms with E-state index in [9.17, 15) is 9.59 Å². The molecule has 0 unspecified atom stereocenters. The van der Waals surface area contributed by atoms with E-state index in [0.717, 1.165) is 16.0 Å². The minimum atomic E-state index is -0.771. The number of fused-ring (bicyclic) bond motifs is 1. The topological polar surface area (TPSA) is 93.7 Å². The maximum Gasteiger partial charge on any atom is 0.338 e. The van der Waals surface area contributed by atoms with Gasteiger partial charge in [-0.25, -0.2) is 9.79 Å². The number of esters is 1. The Bertz CT molecular complexity index is 1860. The molecule has 41 heavy (non-hydrogen) atoms. The summed E-state index contributed by atoms with van der Waals surface area (Å²) in [6.07, 6.45) is 3.66. The summed E-state index contributed by atoms with van der Waals surface area (Å²) in [6.45, 7) is 1.77. The van der Waals surface area contributed by atoms with Gasteiger partial charge in [0.2, 0.25) is 0 Å². The van der Waals surface area contributed by atoms with Crippen molar-refractivity contribution in [1.82, 2.24) is 4.57 Å². The summed E-state index contributed by atoms with van der Waals surface area (Å²) in [5.41, 5.74) is 2.45. The van der Waals surface area contributed by atoms with E-state index in [2.05, 4.69) is 0 Å². The van der Waals surface area contributed by atoms with Gasteiger partial charge in [-0.15, -0.1) is 11.8 Å². The van der Waals surface area contributed by atoms with Crippen LogP contribution in [0.25, 0.3) is 11.8 Å². The summed E-state index contributed by atoms with van der Waals surface area (Å²) in [7, 11) is 0. The van der Waals surface area contributed by atoms with Crippen molar-refractivity contribution >= 4 is 52.4 Å². The van der Waals surface area contributed by atoms with Crippen molar-refractivity contribution < 1.29 is 14.3 Å². The third kappa shape index (κ3) is 5.86. The molecule has 3 aromatic carbocycles. The van der Waals surface area contributed by atoms with Gasteiger partial charge in [-0.05, 0) is 55.2 Å². The van der Waals surface area contributed by atoms with Crippen molar-refractivity contribution in [3.63, 3.8) is 0 Å². The molecule has 1 aliphatic rings. The first-order chi connectivity index (χ1) is 19.9. The fraction of sp³-hybridized carbons (Fsp3) is 0.161. The van der Waals surface area contributed by atoms with Gasteiger partial charge in [0.15, 0.2) is 11.4 Å².